The fraction of sp³-hybridized carbons (Fsp3) is 0.304. The maximum absolute atomic E-state index is 12.1. The second-order valence-corrected chi connectivity index (χ2v) is 6.81. The van der Waals surface area contributed by atoms with Crippen molar-refractivity contribution in [2.24, 2.45) is 5.92 Å². The summed E-state index contributed by atoms with van der Waals surface area (Å²) in [6, 6.07) is 14.2. The monoisotopic (exact) mass is 381 g/mol. The SMILES string of the molecule is CCCOc1ccc(C=CC(=O)Nc2ccc(C(=O)OCC(C)C)cc2)cc1. The van der Waals surface area contributed by atoms with Crippen LogP contribution in [0.1, 0.15) is 43.1 Å². The van der Waals surface area contributed by atoms with Crippen LogP contribution in [0.15, 0.2) is 54.6 Å². The Labute approximate surface area is 166 Å². The van der Waals surface area contributed by atoms with Gasteiger partial charge in [-0.05, 0) is 60.4 Å². The topological polar surface area (TPSA) is 64.6 Å². The van der Waals surface area contributed by atoms with E-state index in [1.54, 1.807) is 30.3 Å². The van der Waals surface area contributed by atoms with Crippen molar-refractivity contribution in [1.29, 1.82) is 0 Å². The van der Waals surface area contributed by atoms with Crippen molar-refractivity contribution in [2.75, 3.05) is 18.5 Å². The van der Waals surface area contributed by atoms with Gasteiger partial charge in [-0.25, -0.2) is 4.79 Å². The summed E-state index contributed by atoms with van der Waals surface area (Å²) < 4.78 is 10.7. The molecule has 0 radical (unpaired) electrons. The molecule has 0 bridgehead atoms. The van der Waals surface area contributed by atoms with Crippen LogP contribution in [-0.2, 0) is 9.53 Å². The highest BCUT2D eigenvalue weighted by atomic mass is 16.5. The Morgan fingerprint density at radius 3 is 2.32 bits per heavy atom. The molecular formula is C23H27NO4. The summed E-state index contributed by atoms with van der Waals surface area (Å²) in [7, 11) is 0. The predicted octanol–water partition coefficient (Wildman–Crippen LogP) is 4.94. The average Bonchev–Trinajstić information content (AvgIpc) is 2.70. The zero-order chi connectivity index (χ0) is 20.4. The molecule has 0 heterocycles. The third-order valence-electron chi connectivity index (χ3n) is 3.72. The summed E-state index contributed by atoms with van der Waals surface area (Å²) in [5.41, 5.74) is 1.97. The van der Waals surface area contributed by atoms with Crippen LogP contribution in [0.5, 0.6) is 5.75 Å². The molecule has 0 atom stereocenters. The lowest BCUT2D eigenvalue weighted by atomic mass is 10.2. The highest BCUT2D eigenvalue weighted by molar-refractivity contribution is 6.02. The summed E-state index contributed by atoms with van der Waals surface area (Å²) in [4.78, 5) is 24.0. The van der Waals surface area contributed by atoms with Gasteiger partial charge in [0, 0.05) is 11.8 Å². The first-order valence-corrected chi connectivity index (χ1v) is 9.47. The van der Waals surface area contributed by atoms with Crippen LogP contribution in [0.3, 0.4) is 0 Å². The molecular weight excluding hydrogens is 354 g/mol. The molecule has 0 unspecified atom stereocenters. The van der Waals surface area contributed by atoms with Crippen molar-refractivity contribution in [2.45, 2.75) is 27.2 Å². The molecule has 0 aliphatic heterocycles. The summed E-state index contributed by atoms with van der Waals surface area (Å²) in [6.07, 6.45) is 4.16. The maximum atomic E-state index is 12.1. The van der Waals surface area contributed by atoms with Crippen molar-refractivity contribution >= 4 is 23.6 Å². The highest BCUT2D eigenvalue weighted by Crippen LogP contribution is 2.14. The molecule has 28 heavy (non-hydrogen) atoms. The van der Waals surface area contributed by atoms with Gasteiger partial charge in [-0.3, -0.25) is 4.79 Å². The zero-order valence-corrected chi connectivity index (χ0v) is 16.6. The Kier molecular flexibility index (Phi) is 8.28. The summed E-state index contributed by atoms with van der Waals surface area (Å²) >= 11 is 0. The smallest absolute Gasteiger partial charge is 0.338 e. The van der Waals surface area contributed by atoms with E-state index in [9.17, 15) is 9.59 Å². The quantitative estimate of drug-likeness (QED) is 0.493. The van der Waals surface area contributed by atoms with Crippen LogP contribution in [0, 0.1) is 5.92 Å². The first kappa shape index (κ1) is 21.2. The minimum absolute atomic E-state index is 0.249. The molecule has 0 saturated carbocycles. The molecule has 2 rings (SSSR count). The fourth-order valence-electron chi connectivity index (χ4n) is 2.27. The second-order valence-electron chi connectivity index (χ2n) is 6.81. The molecule has 5 heteroatoms. The Bertz CT molecular complexity index is 792. The van der Waals surface area contributed by atoms with E-state index in [1.165, 1.54) is 6.08 Å². The molecule has 0 aliphatic rings. The normalized spacial score (nSPS) is 10.9. The minimum atomic E-state index is -0.363. The molecule has 1 amide bonds. The standard InChI is InChI=1S/C23H27NO4/c1-4-15-27-21-12-5-18(6-13-21)7-14-22(25)24-20-10-8-19(9-11-20)23(26)28-16-17(2)3/h5-14,17H,4,15-16H2,1-3H3,(H,24,25). The van der Waals surface area contributed by atoms with Crippen molar-refractivity contribution in [3.63, 3.8) is 0 Å². The van der Waals surface area contributed by atoms with Gasteiger partial charge in [0.25, 0.3) is 0 Å². The Morgan fingerprint density at radius 1 is 1.04 bits per heavy atom. The zero-order valence-electron chi connectivity index (χ0n) is 16.6. The first-order chi connectivity index (χ1) is 13.5. The molecule has 5 nitrogen and oxygen atoms in total. The number of amides is 1. The van der Waals surface area contributed by atoms with E-state index < -0.39 is 0 Å². The molecule has 1 N–H and O–H groups in total. The van der Waals surface area contributed by atoms with E-state index in [4.69, 9.17) is 9.47 Å². The third kappa shape index (κ3) is 7.27. The number of rotatable bonds is 9. The number of esters is 1. The van der Waals surface area contributed by atoms with Gasteiger partial charge >= 0.3 is 5.97 Å². The molecule has 0 aliphatic carbocycles. The number of nitrogens with one attached hydrogen (secondary N) is 1. The van der Waals surface area contributed by atoms with Crippen molar-refractivity contribution in [1.82, 2.24) is 0 Å². The fourth-order valence-corrected chi connectivity index (χ4v) is 2.27. The lowest BCUT2D eigenvalue weighted by Crippen LogP contribution is -2.11. The van der Waals surface area contributed by atoms with E-state index >= 15 is 0 Å². The highest BCUT2D eigenvalue weighted by Gasteiger charge is 2.08. The van der Waals surface area contributed by atoms with E-state index in [-0.39, 0.29) is 17.8 Å². The molecule has 148 valence electrons. The Hall–Kier alpha value is -3.08. The van der Waals surface area contributed by atoms with E-state index in [0.29, 0.717) is 24.5 Å². The third-order valence-corrected chi connectivity index (χ3v) is 3.72. The molecule has 2 aromatic rings. The number of ether oxygens (including phenoxy) is 2. The van der Waals surface area contributed by atoms with Crippen LogP contribution in [-0.4, -0.2) is 25.1 Å². The molecule has 0 saturated heterocycles. The van der Waals surface area contributed by atoms with Gasteiger partial charge in [0.15, 0.2) is 0 Å². The lowest BCUT2D eigenvalue weighted by Gasteiger charge is -2.08. The van der Waals surface area contributed by atoms with Crippen LogP contribution < -0.4 is 10.1 Å². The van der Waals surface area contributed by atoms with Crippen LogP contribution in [0.4, 0.5) is 5.69 Å². The molecule has 0 spiro atoms. The number of benzene rings is 2. The number of hydrogen-bond acceptors (Lipinski definition) is 4. The molecule has 0 fully saturated rings. The van der Waals surface area contributed by atoms with Crippen molar-refractivity contribution in [3.05, 3.63) is 65.7 Å². The Morgan fingerprint density at radius 2 is 1.71 bits per heavy atom. The number of anilines is 1. The van der Waals surface area contributed by atoms with Gasteiger partial charge < -0.3 is 14.8 Å². The van der Waals surface area contributed by atoms with Gasteiger partial charge in [0.05, 0.1) is 18.8 Å². The van der Waals surface area contributed by atoms with Gasteiger partial charge in [-0.2, -0.15) is 0 Å². The molecule has 0 aromatic heterocycles. The van der Waals surface area contributed by atoms with Crippen LogP contribution in [0.25, 0.3) is 6.08 Å². The number of hydrogen-bond donors (Lipinski definition) is 1. The summed E-state index contributed by atoms with van der Waals surface area (Å²) in [5, 5.41) is 2.77. The number of carbonyl (C=O) groups is 2. The molecule has 2 aromatic carbocycles. The second kappa shape index (κ2) is 10.9. The first-order valence-electron chi connectivity index (χ1n) is 9.47. The van der Waals surface area contributed by atoms with Gasteiger partial charge in [0.2, 0.25) is 5.91 Å². The van der Waals surface area contributed by atoms with Crippen molar-refractivity contribution < 1.29 is 19.1 Å². The average molecular weight is 381 g/mol. The number of carbonyl (C=O) groups excluding carboxylic acids is 2. The Balaban J connectivity index is 1.86. The maximum Gasteiger partial charge on any atom is 0.338 e. The van der Waals surface area contributed by atoms with Gasteiger partial charge in [-0.15, -0.1) is 0 Å². The van der Waals surface area contributed by atoms with Gasteiger partial charge in [-0.1, -0.05) is 32.9 Å². The van der Waals surface area contributed by atoms with Crippen molar-refractivity contribution in [3.8, 4) is 5.75 Å². The lowest BCUT2D eigenvalue weighted by molar-refractivity contribution is -0.111. The largest absolute Gasteiger partial charge is 0.494 e. The summed E-state index contributed by atoms with van der Waals surface area (Å²) in [6.45, 7) is 7.09. The summed E-state index contributed by atoms with van der Waals surface area (Å²) in [5.74, 6) is 0.490. The minimum Gasteiger partial charge on any atom is -0.494 e. The van der Waals surface area contributed by atoms with Crippen LogP contribution in [0.2, 0.25) is 0 Å². The van der Waals surface area contributed by atoms with Crippen LogP contribution >= 0.6 is 0 Å². The predicted molar refractivity (Wildman–Crippen MR) is 111 cm³/mol. The van der Waals surface area contributed by atoms with Gasteiger partial charge in [0.1, 0.15) is 5.75 Å². The van der Waals surface area contributed by atoms with E-state index in [2.05, 4.69) is 12.2 Å². The van der Waals surface area contributed by atoms with E-state index in [1.807, 2.05) is 38.1 Å². The van der Waals surface area contributed by atoms with E-state index in [0.717, 1.165) is 17.7 Å².